The molecule has 0 spiro atoms. The van der Waals surface area contributed by atoms with Crippen molar-refractivity contribution in [2.45, 2.75) is 38.3 Å². The van der Waals surface area contributed by atoms with Gasteiger partial charge in [0.05, 0.1) is 28.4 Å². The number of anilines is 1. The molecule has 0 aliphatic carbocycles. The van der Waals surface area contributed by atoms with Crippen molar-refractivity contribution in [2.75, 3.05) is 12.1 Å². The van der Waals surface area contributed by atoms with E-state index in [0.29, 0.717) is 16.4 Å². The number of aromatic nitrogens is 1. The molecule has 220 valence electrons. The monoisotopic (exact) mass is 612 g/mol. The molecule has 1 aromatic heterocycles. The highest BCUT2D eigenvalue weighted by Gasteiger charge is 2.28. The number of sulfonamides is 1. The molecule has 10 heteroatoms. The van der Waals surface area contributed by atoms with Crippen LogP contribution in [0.1, 0.15) is 40.9 Å². The van der Waals surface area contributed by atoms with Gasteiger partial charge in [0, 0.05) is 18.2 Å². The van der Waals surface area contributed by atoms with Gasteiger partial charge in [0.25, 0.3) is 5.91 Å². The van der Waals surface area contributed by atoms with Crippen molar-refractivity contribution in [1.82, 2.24) is 9.29 Å². The van der Waals surface area contributed by atoms with Gasteiger partial charge in [-0.1, -0.05) is 71.5 Å². The number of hydrogen-bond acceptors (Lipinski definition) is 7. The second kappa shape index (κ2) is 12.9. The lowest BCUT2D eigenvalue weighted by Crippen LogP contribution is -2.36. The molecule has 0 unspecified atom stereocenters. The Bertz CT molecular complexity index is 1850. The van der Waals surface area contributed by atoms with E-state index in [4.69, 9.17) is 4.74 Å². The van der Waals surface area contributed by atoms with Crippen LogP contribution in [0.2, 0.25) is 0 Å². The first-order valence-corrected chi connectivity index (χ1v) is 16.0. The van der Waals surface area contributed by atoms with Crippen LogP contribution in [0, 0.1) is 6.92 Å². The summed E-state index contributed by atoms with van der Waals surface area (Å²) in [4.78, 5) is 18.6. The van der Waals surface area contributed by atoms with Gasteiger partial charge < -0.3 is 4.74 Å². The summed E-state index contributed by atoms with van der Waals surface area (Å²) < 4.78 is 34.9. The van der Waals surface area contributed by atoms with Gasteiger partial charge in [-0.05, 0) is 74.4 Å². The Hall–Kier alpha value is -4.38. The van der Waals surface area contributed by atoms with Crippen molar-refractivity contribution in [1.29, 1.82) is 0 Å². The van der Waals surface area contributed by atoms with Crippen LogP contribution < -0.4 is 9.75 Å². The number of rotatable bonds is 10. The van der Waals surface area contributed by atoms with E-state index in [1.54, 1.807) is 13.3 Å². The summed E-state index contributed by atoms with van der Waals surface area (Å²) in [5, 5.41) is 6.15. The number of thiazole rings is 1. The summed E-state index contributed by atoms with van der Waals surface area (Å²) in [6, 6.07) is 28.4. The third-order valence-corrected chi connectivity index (χ3v) is 9.85. The van der Waals surface area contributed by atoms with E-state index in [9.17, 15) is 13.2 Å². The molecule has 5 rings (SSSR count). The summed E-state index contributed by atoms with van der Waals surface area (Å²) in [6.45, 7) is 5.93. The standard InChI is InChI=1S/C33H32N4O4S2/c1-23(2)36(22-26-8-6-5-7-9-26)43(39,40)29-17-14-27(15-18-29)32(38)37(34-21-25-12-10-24(3)11-13-25)33-35-30-19-16-28(41-4)20-31(30)42-33/h5-21,23H,22H2,1-4H3/b34-21+. The van der Waals surface area contributed by atoms with Crippen LogP contribution in [0.5, 0.6) is 5.75 Å². The molecule has 0 saturated heterocycles. The Morgan fingerprint density at radius 2 is 1.67 bits per heavy atom. The molecule has 0 bridgehead atoms. The molecule has 5 aromatic rings. The van der Waals surface area contributed by atoms with E-state index < -0.39 is 15.9 Å². The molecule has 0 fully saturated rings. The Labute approximate surface area is 255 Å². The Balaban J connectivity index is 1.47. The summed E-state index contributed by atoms with van der Waals surface area (Å²) in [6.07, 6.45) is 1.60. The maximum atomic E-state index is 13.9. The minimum absolute atomic E-state index is 0.107. The maximum Gasteiger partial charge on any atom is 0.280 e. The first-order valence-electron chi connectivity index (χ1n) is 13.7. The molecule has 0 N–H and O–H groups in total. The fourth-order valence-electron chi connectivity index (χ4n) is 4.41. The zero-order valence-electron chi connectivity index (χ0n) is 24.3. The normalized spacial score (nSPS) is 12.0. The van der Waals surface area contributed by atoms with Gasteiger partial charge in [0.1, 0.15) is 5.75 Å². The molecule has 0 saturated carbocycles. The molecule has 0 aliphatic rings. The van der Waals surface area contributed by atoms with Crippen molar-refractivity contribution >= 4 is 48.8 Å². The van der Waals surface area contributed by atoms with Gasteiger partial charge in [-0.2, -0.15) is 14.4 Å². The van der Waals surface area contributed by atoms with E-state index >= 15 is 0 Å². The van der Waals surface area contributed by atoms with Crippen molar-refractivity contribution in [3.63, 3.8) is 0 Å². The van der Waals surface area contributed by atoms with Crippen LogP contribution in [-0.2, 0) is 16.6 Å². The van der Waals surface area contributed by atoms with Crippen LogP contribution >= 0.6 is 11.3 Å². The van der Waals surface area contributed by atoms with Gasteiger partial charge in [0.2, 0.25) is 15.2 Å². The van der Waals surface area contributed by atoms with E-state index in [0.717, 1.165) is 21.4 Å². The number of carbonyl (C=O) groups is 1. The molecule has 0 radical (unpaired) electrons. The van der Waals surface area contributed by atoms with Crippen LogP contribution in [0.3, 0.4) is 0 Å². The largest absolute Gasteiger partial charge is 0.497 e. The zero-order chi connectivity index (χ0) is 30.6. The first kappa shape index (κ1) is 30.1. The number of methoxy groups -OCH3 is 1. The summed E-state index contributed by atoms with van der Waals surface area (Å²) in [5.41, 5.74) is 3.80. The molecule has 0 aliphatic heterocycles. The predicted octanol–water partition coefficient (Wildman–Crippen LogP) is 6.89. The fourth-order valence-corrected chi connectivity index (χ4v) is 6.99. The van der Waals surface area contributed by atoms with Gasteiger partial charge in [-0.3, -0.25) is 4.79 Å². The number of carbonyl (C=O) groups excluding carboxylic acids is 1. The number of fused-ring (bicyclic) bond motifs is 1. The maximum absolute atomic E-state index is 13.9. The second-order valence-electron chi connectivity index (χ2n) is 10.3. The molecule has 1 amide bonds. The second-order valence-corrected chi connectivity index (χ2v) is 13.2. The number of aryl methyl sites for hydroxylation is 1. The molecule has 43 heavy (non-hydrogen) atoms. The lowest BCUT2D eigenvalue weighted by atomic mass is 10.2. The van der Waals surface area contributed by atoms with Crippen LogP contribution in [-0.4, -0.2) is 43.0 Å². The molecular formula is C33H32N4O4S2. The quantitative estimate of drug-likeness (QED) is 0.126. The lowest BCUT2D eigenvalue weighted by molar-refractivity contribution is 0.0987. The van der Waals surface area contributed by atoms with Gasteiger partial charge in [-0.15, -0.1) is 0 Å². The van der Waals surface area contributed by atoms with Crippen LogP contribution in [0.4, 0.5) is 5.13 Å². The third kappa shape index (κ3) is 6.83. The molecule has 1 heterocycles. The summed E-state index contributed by atoms with van der Waals surface area (Å²) in [5.74, 6) is 0.242. The Kier molecular flexibility index (Phi) is 9.00. The number of ether oxygens (including phenoxy) is 1. The lowest BCUT2D eigenvalue weighted by Gasteiger charge is -2.26. The van der Waals surface area contributed by atoms with E-state index in [-0.39, 0.29) is 23.0 Å². The van der Waals surface area contributed by atoms with Gasteiger partial charge in [0.15, 0.2) is 0 Å². The van der Waals surface area contributed by atoms with Gasteiger partial charge >= 0.3 is 0 Å². The minimum Gasteiger partial charge on any atom is -0.497 e. The predicted molar refractivity (Wildman–Crippen MR) is 173 cm³/mol. The van der Waals surface area contributed by atoms with Crippen LogP contribution in [0.15, 0.2) is 107 Å². The number of nitrogens with zero attached hydrogens (tertiary/aromatic N) is 4. The number of amides is 1. The fraction of sp³-hybridized carbons (Fsp3) is 0.182. The van der Waals surface area contributed by atoms with Crippen molar-refractivity contribution in [3.05, 3.63) is 119 Å². The molecule has 8 nitrogen and oxygen atoms in total. The van der Waals surface area contributed by atoms with Crippen LogP contribution in [0.25, 0.3) is 10.2 Å². The van der Waals surface area contributed by atoms with E-state index in [1.165, 1.54) is 44.9 Å². The highest BCUT2D eigenvalue weighted by atomic mass is 32.2. The first-order chi connectivity index (χ1) is 20.7. The van der Waals surface area contributed by atoms with E-state index in [2.05, 4.69) is 10.1 Å². The number of hydrogen-bond donors (Lipinski definition) is 0. The smallest absolute Gasteiger partial charge is 0.280 e. The van der Waals surface area contributed by atoms with Crippen molar-refractivity contribution < 1.29 is 17.9 Å². The average Bonchev–Trinajstić information content (AvgIpc) is 3.44. The number of hydrazone groups is 1. The van der Waals surface area contributed by atoms with E-state index in [1.807, 2.05) is 93.6 Å². The molecule has 4 aromatic carbocycles. The Morgan fingerprint density at radius 3 is 2.33 bits per heavy atom. The highest BCUT2D eigenvalue weighted by Crippen LogP contribution is 2.33. The molecule has 0 atom stereocenters. The average molecular weight is 613 g/mol. The number of benzene rings is 4. The SMILES string of the molecule is COc1ccc2nc(N(/N=C/c3ccc(C)cc3)C(=O)c3ccc(S(=O)(=O)N(Cc4ccccc4)C(C)C)cc3)sc2c1. The highest BCUT2D eigenvalue weighted by molar-refractivity contribution is 7.89. The minimum atomic E-state index is -3.83. The summed E-state index contributed by atoms with van der Waals surface area (Å²) >= 11 is 1.31. The van der Waals surface area contributed by atoms with Gasteiger partial charge in [-0.25, -0.2) is 13.4 Å². The Morgan fingerprint density at radius 1 is 0.977 bits per heavy atom. The molecular weight excluding hydrogens is 581 g/mol. The zero-order valence-corrected chi connectivity index (χ0v) is 26.0. The third-order valence-electron chi connectivity index (χ3n) is 6.82. The van der Waals surface area contributed by atoms with Crippen molar-refractivity contribution in [2.24, 2.45) is 5.10 Å². The topological polar surface area (TPSA) is 92.2 Å². The van der Waals surface area contributed by atoms with Crippen molar-refractivity contribution in [3.8, 4) is 5.75 Å². The summed E-state index contributed by atoms with van der Waals surface area (Å²) in [7, 11) is -2.24.